The monoisotopic (exact) mass is 423 g/mol. The summed E-state index contributed by atoms with van der Waals surface area (Å²) in [6.07, 6.45) is -3.04. The summed E-state index contributed by atoms with van der Waals surface area (Å²) < 4.78 is 39.8. The maximum Gasteiger partial charge on any atom is 0.453 e. The van der Waals surface area contributed by atoms with E-state index in [9.17, 15) is 18.0 Å². The fourth-order valence-electron chi connectivity index (χ4n) is 3.46. The van der Waals surface area contributed by atoms with Crippen molar-refractivity contribution in [2.45, 2.75) is 24.9 Å². The van der Waals surface area contributed by atoms with E-state index in [1.54, 1.807) is 18.2 Å². The molecule has 0 saturated carbocycles. The summed E-state index contributed by atoms with van der Waals surface area (Å²) in [7, 11) is 1.00. The van der Waals surface area contributed by atoms with Crippen LogP contribution < -0.4 is 4.90 Å². The van der Waals surface area contributed by atoms with E-state index in [0.29, 0.717) is 18.9 Å². The Morgan fingerprint density at radius 3 is 2.23 bits per heavy atom. The van der Waals surface area contributed by atoms with Gasteiger partial charge < -0.3 is 15.1 Å². The highest BCUT2D eigenvalue weighted by molar-refractivity contribution is 5.87. The molecule has 0 bridgehead atoms. The average Bonchev–Trinajstić information content (AvgIpc) is 3.19. The standard InChI is InChI=1S/C18H16F3N5O2.CH4O/c19-18(20,21)17-23-22-14-5-6-15(24-26(14)17)25-9-7-12(8-10-25)11-1-3-13(4-2-11)16(27)28;1-2/h1-6,12H,7-10H2,(H,27,28);2H,1H3. The Morgan fingerprint density at radius 2 is 1.67 bits per heavy atom. The Morgan fingerprint density at radius 1 is 1.03 bits per heavy atom. The Bertz CT molecular complexity index is 1010. The number of aliphatic hydroxyl groups is 1. The lowest BCUT2D eigenvalue weighted by molar-refractivity contribution is -0.146. The third-order valence-electron chi connectivity index (χ3n) is 4.95. The van der Waals surface area contributed by atoms with E-state index in [1.165, 1.54) is 6.07 Å². The summed E-state index contributed by atoms with van der Waals surface area (Å²) in [6.45, 7) is 1.26. The second-order valence-electron chi connectivity index (χ2n) is 6.67. The average molecular weight is 423 g/mol. The Hall–Kier alpha value is -3.21. The summed E-state index contributed by atoms with van der Waals surface area (Å²) in [6, 6.07) is 9.93. The van der Waals surface area contributed by atoms with Crippen LogP contribution in [0.15, 0.2) is 36.4 Å². The number of nitrogens with zero attached hydrogens (tertiary/aromatic N) is 5. The Kier molecular flexibility index (Phi) is 6.20. The van der Waals surface area contributed by atoms with Gasteiger partial charge in [0.15, 0.2) is 5.65 Å². The zero-order valence-electron chi connectivity index (χ0n) is 16.0. The van der Waals surface area contributed by atoms with E-state index >= 15 is 0 Å². The third-order valence-corrected chi connectivity index (χ3v) is 4.95. The lowest BCUT2D eigenvalue weighted by Gasteiger charge is -2.33. The van der Waals surface area contributed by atoms with Gasteiger partial charge in [0.25, 0.3) is 5.82 Å². The van der Waals surface area contributed by atoms with Gasteiger partial charge in [0.1, 0.15) is 5.82 Å². The number of anilines is 1. The van der Waals surface area contributed by atoms with E-state index in [4.69, 9.17) is 10.2 Å². The molecule has 1 saturated heterocycles. The van der Waals surface area contributed by atoms with Crippen molar-refractivity contribution in [2.75, 3.05) is 25.1 Å². The number of fused-ring (bicyclic) bond motifs is 1. The topological polar surface area (TPSA) is 104 Å². The fourth-order valence-corrected chi connectivity index (χ4v) is 3.46. The van der Waals surface area contributed by atoms with Gasteiger partial charge >= 0.3 is 12.1 Å². The summed E-state index contributed by atoms with van der Waals surface area (Å²) >= 11 is 0. The van der Waals surface area contributed by atoms with Gasteiger partial charge in [0.2, 0.25) is 0 Å². The highest BCUT2D eigenvalue weighted by Gasteiger charge is 2.38. The molecule has 0 atom stereocenters. The number of halogens is 3. The van der Waals surface area contributed by atoms with E-state index < -0.39 is 18.0 Å². The van der Waals surface area contributed by atoms with Crippen molar-refractivity contribution in [1.82, 2.24) is 19.8 Å². The number of hydrogen-bond donors (Lipinski definition) is 2. The van der Waals surface area contributed by atoms with Crippen molar-refractivity contribution in [3.63, 3.8) is 0 Å². The van der Waals surface area contributed by atoms with E-state index in [1.807, 2.05) is 17.0 Å². The maximum absolute atomic E-state index is 13.0. The predicted molar refractivity (Wildman–Crippen MR) is 102 cm³/mol. The van der Waals surface area contributed by atoms with Crippen LogP contribution in [0.25, 0.3) is 5.65 Å². The predicted octanol–water partition coefficient (Wildman–Crippen LogP) is 2.83. The van der Waals surface area contributed by atoms with Crippen LogP contribution in [0.4, 0.5) is 19.0 Å². The first-order valence-corrected chi connectivity index (χ1v) is 9.15. The van der Waals surface area contributed by atoms with Gasteiger partial charge in [-0.1, -0.05) is 12.1 Å². The number of aromatic nitrogens is 4. The first-order valence-electron chi connectivity index (χ1n) is 9.15. The van der Waals surface area contributed by atoms with Crippen molar-refractivity contribution >= 4 is 17.4 Å². The van der Waals surface area contributed by atoms with Gasteiger partial charge in [-0.25, -0.2) is 4.79 Å². The van der Waals surface area contributed by atoms with Crippen molar-refractivity contribution in [1.29, 1.82) is 0 Å². The minimum atomic E-state index is -4.62. The van der Waals surface area contributed by atoms with Gasteiger partial charge in [-0.05, 0) is 48.6 Å². The Balaban J connectivity index is 0.00000124. The molecule has 0 unspecified atom stereocenters. The molecule has 0 aliphatic carbocycles. The molecule has 1 aromatic carbocycles. The van der Waals surface area contributed by atoms with Crippen LogP contribution in [-0.2, 0) is 6.18 Å². The molecule has 0 spiro atoms. The normalized spacial score (nSPS) is 15.0. The lowest BCUT2D eigenvalue weighted by Crippen LogP contribution is -2.34. The second-order valence-corrected chi connectivity index (χ2v) is 6.67. The molecule has 2 N–H and O–H groups in total. The summed E-state index contributed by atoms with van der Waals surface area (Å²) in [5.74, 6) is -1.39. The number of benzene rings is 1. The minimum Gasteiger partial charge on any atom is -0.478 e. The highest BCUT2D eigenvalue weighted by atomic mass is 19.4. The molecule has 160 valence electrons. The summed E-state index contributed by atoms with van der Waals surface area (Å²) in [5.41, 5.74) is 1.35. The number of aromatic carboxylic acids is 1. The zero-order chi connectivity index (χ0) is 21.9. The molecule has 1 aliphatic heterocycles. The number of rotatable bonds is 3. The van der Waals surface area contributed by atoms with Gasteiger partial charge in [0.05, 0.1) is 5.56 Å². The van der Waals surface area contributed by atoms with Crippen molar-refractivity contribution in [3.05, 3.63) is 53.3 Å². The SMILES string of the molecule is CO.O=C(O)c1ccc(C2CCN(c3ccc4nnc(C(F)(F)F)n4n3)CC2)cc1. The van der Waals surface area contributed by atoms with E-state index in [-0.39, 0.29) is 17.1 Å². The molecule has 1 fully saturated rings. The number of aliphatic hydroxyl groups excluding tert-OH is 1. The van der Waals surface area contributed by atoms with E-state index in [2.05, 4.69) is 15.3 Å². The van der Waals surface area contributed by atoms with Crippen molar-refractivity contribution in [3.8, 4) is 0 Å². The fraction of sp³-hybridized carbons (Fsp3) is 0.368. The molecule has 1 aliphatic rings. The van der Waals surface area contributed by atoms with Crippen molar-refractivity contribution in [2.24, 2.45) is 0 Å². The summed E-state index contributed by atoms with van der Waals surface area (Å²) in [4.78, 5) is 12.9. The van der Waals surface area contributed by atoms with Crippen LogP contribution in [0.3, 0.4) is 0 Å². The number of alkyl halides is 3. The quantitative estimate of drug-likeness (QED) is 0.668. The second kappa shape index (κ2) is 8.66. The smallest absolute Gasteiger partial charge is 0.453 e. The van der Waals surface area contributed by atoms with Gasteiger partial charge in [-0.15, -0.1) is 15.3 Å². The molecule has 8 nitrogen and oxygen atoms in total. The van der Waals surface area contributed by atoms with Gasteiger partial charge in [-0.3, -0.25) is 0 Å². The molecular formula is C19H20F3N5O3. The lowest BCUT2D eigenvalue weighted by atomic mass is 9.89. The van der Waals surface area contributed by atoms with Crippen LogP contribution in [0.1, 0.15) is 40.5 Å². The zero-order valence-corrected chi connectivity index (χ0v) is 16.0. The number of carboxylic acid groups (broad SMARTS) is 1. The molecule has 11 heteroatoms. The van der Waals surface area contributed by atoms with E-state index in [0.717, 1.165) is 30.0 Å². The third kappa shape index (κ3) is 4.35. The molecule has 4 rings (SSSR count). The first-order chi connectivity index (χ1) is 14.3. The van der Waals surface area contributed by atoms with Crippen LogP contribution in [0, 0.1) is 0 Å². The van der Waals surface area contributed by atoms with Crippen molar-refractivity contribution < 1.29 is 28.2 Å². The molecular weight excluding hydrogens is 403 g/mol. The van der Waals surface area contributed by atoms with Crippen LogP contribution >= 0.6 is 0 Å². The number of piperidine rings is 1. The van der Waals surface area contributed by atoms with Gasteiger partial charge in [0, 0.05) is 20.2 Å². The Labute approximate surface area is 169 Å². The first kappa shape index (κ1) is 21.5. The van der Waals surface area contributed by atoms with Crippen LogP contribution in [0.5, 0.6) is 0 Å². The maximum atomic E-state index is 13.0. The molecule has 0 radical (unpaired) electrons. The van der Waals surface area contributed by atoms with Gasteiger partial charge in [-0.2, -0.15) is 17.7 Å². The van der Waals surface area contributed by atoms with Crippen LogP contribution in [0.2, 0.25) is 0 Å². The molecule has 3 aromatic rings. The molecule has 3 heterocycles. The molecule has 30 heavy (non-hydrogen) atoms. The number of hydrogen-bond acceptors (Lipinski definition) is 6. The van der Waals surface area contributed by atoms with Crippen LogP contribution in [-0.4, -0.2) is 56.2 Å². The molecule has 0 amide bonds. The minimum absolute atomic E-state index is 0.0458. The highest BCUT2D eigenvalue weighted by Crippen LogP contribution is 2.31. The number of carbonyl (C=O) groups is 1. The summed E-state index contributed by atoms with van der Waals surface area (Å²) in [5, 5.41) is 26.8. The number of carboxylic acids is 1. The largest absolute Gasteiger partial charge is 0.478 e. The molecule has 2 aromatic heterocycles.